The van der Waals surface area contributed by atoms with Crippen molar-refractivity contribution in [2.45, 2.75) is 38.9 Å². The van der Waals surface area contributed by atoms with Crippen molar-refractivity contribution in [2.24, 2.45) is 0 Å². The van der Waals surface area contributed by atoms with Gasteiger partial charge in [-0.3, -0.25) is 0 Å². The number of fused-ring (bicyclic) bond motifs is 1. The van der Waals surface area contributed by atoms with Gasteiger partial charge in [0.05, 0.1) is 0 Å². The zero-order chi connectivity index (χ0) is 25.2. The molecular weight excluding hydrogens is 470 g/mol. The first-order valence-electron chi connectivity index (χ1n) is 10.6. The molecule has 0 amide bonds. The number of rotatable bonds is 8. The molecule has 0 aliphatic carbocycles. The number of esters is 1. The number of hydrogen-bond donors (Lipinski definition) is 0. The van der Waals surface area contributed by atoms with Crippen molar-refractivity contribution in [1.82, 2.24) is 9.97 Å². The smallest absolute Gasteiger partial charge is 0.362 e. The Morgan fingerprint density at radius 1 is 1.17 bits per heavy atom. The van der Waals surface area contributed by atoms with Crippen LogP contribution >= 0.6 is 0 Å². The van der Waals surface area contributed by atoms with E-state index in [9.17, 15) is 27.6 Å². The topological polar surface area (TPSA) is 84.4 Å². The second kappa shape index (κ2) is 9.59. The summed E-state index contributed by atoms with van der Waals surface area (Å²) < 4.78 is 60.3. The lowest BCUT2D eigenvalue weighted by Crippen LogP contribution is -2.35. The number of alkyl halides is 4. The van der Waals surface area contributed by atoms with Crippen molar-refractivity contribution < 1.29 is 36.5 Å². The van der Waals surface area contributed by atoms with Gasteiger partial charge in [-0.2, -0.15) is 8.78 Å². The van der Waals surface area contributed by atoms with Crippen molar-refractivity contribution in [3.63, 3.8) is 0 Å². The van der Waals surface area contributed by atoms with Crippen LogP contribution in [0, 0.1) is 12.1 Å². The minimum Gasteiger partial charge on any atom is -0.632 e. The molecule has 0 bridgehead atoms. The zero-order valence-electron chi connectivity index (χ0n) is 18.6. The normalized spacial score (nSPS) is 17.3. The molecule has 1 aliphatic rings. The average Bonchev–Trinajstić information content (AvgIpc) is 3.14. The van der Waals surface area contributed by atoms with Crippen LogP contribution in [0.15, 0.2) is 54.9 Å². The van der Waals surface area contributed by atoms with Gasteiger partial charge in [-0.25, -0.2) is 23.5 Å². The number of para-hydroxylation sites is 1. The molecule has 1 unspecified atom stereocenters. The standard InChI is InChI=1S/C24H21F4N3O4/c1-15-9-16(10-30-21(15)34-14-24(27,28)23(25)26)11-31(33)12-17-7-8-29-20(19(17)13-31)22(32)35-18-5-3-2-4-6-18/h2-10,23H,11-14H2,1H3. The number of quaternary nitrogens is 1. The summed E-state index contributed by atoms with van der Waals surface area (Å²) in [6.07, 6.45) is -1.12. The molecule has 1 atom stereocenters. The van der Waals surface area contributed by atoms with Gasteiger partial charge < -0.3 is 19.3 Å². The third-order valence-electron chi connectivity index (χ3n) is 5.48. The van der Waals surface area contributed by atoms with Crippen molar-refractivity contribution in [2.75, 3.05) is 6.61 Å². The predicted molar refractivity (Wildman–Crippen MR) is 116 cm³/mol. The van der Waals surface area contributed by atoms with Gasteiger partial charge in [0.15, 0.2) is 12.3 Å². The Morgan fingerprint density at radius 3 is 2.60 bits per heavy atom. The molecule has 4 rings (SSSR count). The van der Waals surface area contributed by atoms with Crippen LogP contribution in [0.3, 0.4) is 0 Å². The lowest BCUT2D eigenvalue weighted by atomic mass is 10.1. The van der Waals surface area contributed by atoms with Gasteiger partial charge in [0, 0.05) is 34.6 Å². The van der Waals surface area contributed by atoms with Gasteiger partial charge >= 0.3 is 18.3 Å². The van der Waals surface area contributed by atoms with Crippen LogP contribution in [0.4, 0.5) is 17.6 Å². The highest BCUT2D eigenvalue weighted by Gasteiger charge is 2.42. The van der Waals surface area contributed by atoms with E-state index in [2.05, 4.69) is 9.97 Å². The highest BCUT2D eigenvalue weighted by molar-refractivity contribution is 5.91. The molecule has 0 N–H and O–H groups in total. The summed E-state index contributed by atoms with van der Waals surface area (Å²) in [7, 11) is 0. The average molecular weight is 491 g/mol. The quantitative estimate of drug-likeness (QED) is 0.148. The zero-order valence-corrected chi connectivity index (χ0v) is 18.6. The molecule has 184 valence electrons. The molecule has 0 radical (unpaired) electrons. The van der Waals surface area contributed by atoms with E-state index < -0.39 is 29.6 Å². The summed E-state index contributed by atoms with van der Waals surface area (Å²) in [4.78, 5) is 20.7. The summed E-state index contributed by atoms with van der Waals surface area (Å²) in [6, 6.07) is 11.7. The molecule has 35 heavy (non-hydrogen) atoms. The van der Waals surface area contributed by atoms with Gasteiger partial charge in [-0.1, -0.05) is 18.2 Å². The second-order valence-corrected chi connectivity index (χ2v) is 8.35. The number of carbonyl (C=O) groups excluding carboxylic acids is 1. The number of aryl methyl sites for hydroxylation is 1. The van der Waals surface area contributed by atoms with Crippen LogP contribution in [0.1, 0.15) is 32.7 Å². The summed E-state index contributed by atoms with van der Waals surface area (Å²) in [5, 5.41) is 13.5. The summed E-state index contributed by atoms with van der Waals surface area (Å²) in [5.74, 6) is -4.83. The van der Waals surface area contributed by atoms with Gasteiger partial charge in [0.25, 0.3) is 0 Å². The number of nitrogens with zero attached hydrogens (tertiary/aromatic N) is 3. The second-order valence-electron chi connectivity index (χ2n) is 8.35. The lowest BCUT2D eigenvalue weighted by molar-refractivity contribution is -0.913. The minimum atomic E-state index is -4.30. The molecule has 0 saturated carbocycles. The Labute approximate surface area is 198 Å². The molecule has 0 fully saturated rings. The Morgan fingerprint density at radius 2 is 1.91 bits per heavy atom. The van der Waals surface area contributed by atoms with E-state index in [1.165, 1.54) is 25.4 Å². The number of benzene rings is 1. The van der Waals surface area contributed by atoms with Crippen molar-refractivity contribution in [1.29, 1.82) is 0 Å². The molecular formula is C24H21F4N3O4. The Kier molecular flexibility index (Phi) is 6.73. The predicted octanol–water partition coefficient (Wildman–Crippen LogP) is 4.81. The summed E-state index contributed by atoms with van der Waals surface area (Å²) >= 11 is 0. The first-order valence-corrected chi connectivity index (χ1v) is 10.6. The summed E-state index contributed by atoms with van der Waals surface area (Å²) in [6.45, 7) is 0.0380. The highest BCUT2D eigenvalue weighted by atomic mass is 19.3. The van der Waals surface area contributed by atoms with Gasteiger partial charge in [-0.05, 0) is 31.2 Å². The third-order valence-corrected chi connectivity index (χ3v) is 5.48. The molecule has 1 aromatic carbocycles. The Bertz CT molecular complexity index is 1230. The number of hydroxylamine groups is 3. The van der Waals surface area contributed by atoms with Gasteiger partial charge in [-0.15, -0.1) is 0 Å². The highest BCUT2D eigenvalue weighted by Crippen LogP contribution is 2.33. The number of pyridine rings is 2. The molecule has 3 aromatic rings. The van der Waals surface area contributed by atoms with E-state index >= 15 is 0 Å². The van der Waals surface area contributed by atoms with E-state index in [-0.39, 0.29) is 31.2 Å². The first-order chi connectivity index (χ1) is 16.6. The van der Waals surface area contributed by atoms with E-state index in [4.69, 9.17) is 9.47 Å². The van der Waals surface area contributed by atoms with E-state index in [1.54, 1.807) is 36.4 Å². The van der Waals surface area contributed by atoms with Crippen LogP contribution in [0.2, 0.25) is 0 Å². The van der Waals surface area contributed by atoms with Crippen LogP contribution in [-0.4, -0.2) is 39.5 Å². The number of ether oxygens (including phenoxy) is 2. The fourth-order valence-electron chi connectivity index (χ4n) is 3.86. The number of carbonyl (C=O) groups is 1. The largest absolute Gasteiger partial charge is 0.632 e. The SMILES string of the molecule is Cc1cc(C[N+]2([O-])Cc3ccnc(C(=O)Oc4ccccc4)c3C2)cnc1OCC(F)(F)C(F)F. The minimum absolute atomic E-state index is 0.0246. The fraction of sp³-hybridized carbons (Fsp3) is 0.292. The van der Waals surface area contributed by atoms with Crippen LogP contribution in [-0.2, 0) is 19.6 Å². The van der Waals surface area contributed by atoms with E-state index in [0.717, 1.165) is 0 Å². The summed E-state index contributed by atoms with van der Waals surface area (Å²) in [5.41, 5.74) is 2.07. The molecule has 11 heteroatoms. The van der Waals surface area contributed by atoms with Crippen molar-refractivity contribution in [3.05, 3.63) is 88.0 Å². The molecule has 2 aromatic heterocycles. The van der Waals surface area contributed by atoms with Gasteiger partial charge in [0.1, 0.15) is 25.4 Å². The van der Waals surface area contributed by atoms with Crippen LogP contribution in [0.25, 0.3) is 0 Å². The van der Waals surface area contributed by atoms with Crippen molar-refractivity contribution in [3.8, 4) is 11.6 Å². The number of aromatic nitrogens is 2. The molecule has 3 heterocycles. The van der Waals surface area contributed by atoms with Crippen LogP contribution < -0.4 is 9.47 Å². The fourth-order valence-corrected chi connectivity index (χ4v) is 3.86. The molecule has 7 nitrogen and oxygen atoms in total. The maximum Gasteiger partial charge on any atom is 0.362 e. The van der Waals surface area contributed by atoms with Gasteiger partial charge in [0.2, 0.25) is 5.88 Å². The van der Waals surface area contributed by atoms with E-state index in [1.807, 2.05) is 0 Å². The number of halogens is 4. The molecule has 0 saturated heterocycles. The molecule has 1 aliphatic heterocycles. The lowest BCUT2D eigenvalue weighted by Gasteiger charge is -2.38. The first kappa shape index (κ1) is 24.6. The Hall–Kier alpha value is -3.57. The maximum absolute atomic E-state index is 13.5. The maximum atomic E-state index is 13.5. The molecule has 0 spiro atoms. The van der Waals surface area contributed by atoms with Crippen LogP contribution in [0.5, 0.6) is 11.6 Å². The Balaban J connectivity index is 1.46. The third kappa shape index (κ3) is 5.57. The number of hydrogen-bond acceptors (Lipinski definition) is 6. The van der Waals surface area contributed by atoms with E-state index in [0.29, 0.717) is 28.0 Å². The monoisotopic (exact) mass is 491 g/mol. The van der Waals surface area contributed by atoms with Crippen molar-refractivity contribution >= 4 is 5.97 Å².